The average Bonchev–Trinajstić information content (AvgIpc) is 2.61. The van der Waals surface area contributed by atoms with Crippen molar-refractivity contribution in [3.05, 3.63) is 75.6 Å². The van der Waals surface area contributed by atoms with Crippen molar-refractivity contribution in [2.45, 2.75) is 19.8 Å². The summed E-state index contributed by atoms with van der Waals surface area (Å²) in [4.78, 5) is 12.5. The molecule has 3 nitrogen and oxygen atoms in total. The third-order valence-electron chi connectivity index (χ3n) is 3.89. The molecule has 0 aliphatic heterocycles. The lowest BCUT2D eigenvalue weighted by Crippen LogP contribution is -2.03. The molecule has 0 saturated carbocycles. The summed E-state index contributed by atoms with van der Waals surface area (Å²) in [5.41, 5.74) is 2.65. The number of methoxy groups -OCH3 is 1. The third kappa shape index (κ3) is 3.40. The summed E-state index contributed by atoms with van der Waals surface area (Å²) in [7, 11) is 1.61. The first-order valence-corrected chi connectivity index (χ1v) is 8.09. The van der Waals surface area contributed by atoms with Crippen LogP contribution in [0, 0.1) is 0 Å². The van der Waals surface area contributed by atoms with Gasteiger partial charge in [-0.1, -0.05) is 49.8 Å². The van der Waals surface area contributed by atoms with Crippen LogP contribution >= 0.6 is 0 Å². The van der Waals surface area contributed by atoms with Gasteiger partial charge in [0.1, 0.15) is 17.1 Å². The van der Waals surface area contributed by atoms with Crippen LogP contribution in [-0.2, 0) is 6.42 Å². The predicted octanol–water partition coefficient (Wildman–Crippen LogP) is 4.92. The largest absolute Gasteiger partial charge is 0.497 e. The van der Waals surface area contributed by atoms with Gasteiger partial charge in [0.25, 0.3) is 0 Å². The number of ether oxygens (including phenoxy) is 1. The van der Waals surface area contributed by atoms with Gasteiger partial charge in [-0.15, -0.1) is 0 Å². The van der Waals surface area contributed by atoms with E-state index < -0.39 is 0 Å². The molecule has 3 rings (SSSR count). The second-order valence-corrected chi connectivity index (χ2v) is 5.67. The van der Waals surface area contributed by atoms with Crippen molar-refractivity contribution in [1.29, 1.82) is 0 Å². The quantitative estimate of drug-likeness (QED) is 0.669. The number of hydrogen-bond acceptors (Lipinski definition) is 3. The van der Waals surface area contributed by atoms with Crippen LogP contribution in [0.15, 0.2) is 57.7 Å². The van der Waals surface area contributed by atoms with Gasteiger partial charge in [0.05, 0.1) is 12.5 Å². The molecule has 1 aromatic heterocycles. The molecule has 0 spiro atoms. The van der Waals surface area contributed by atoms with Crippen LogP contribution in [0.4, 0.5) is 0 Å². The fourth-order valence-electron chi connectivity index (χ4n) is 2.72. The van der Waals surface area contributed by atoms with E-state index in [0.717, 1.165) is 24.0 Å². The zero-order valence-corrected chi connectivity index (χ0v) is 13.9. The highest BCUT2D eigenvalue weighted by molar-refractivity contribution is 5.83. The number of benzene rings is 2. The standard InChI is InChI=1S/C21H20O3/c1-3-7-16-12-18(23-2)13-19-20(22)14-17(24-21(16)19)11-10-15-8-5-4-6-9-15/h4-6,8-14H,3,7H2,1-2H3/b11-10+. The lowest BCUT2D eigenvalue weighted by atomic mass is 10.1. The van der Waals surface area contributed by atoms with Gasteiger partial charge in [-0.05, 0) is 35.8 Å². The van der Waals surface area contributed by atoms with Gasteiger partial charge in [-0.25, -0.2) is 0 Å². The van der Waals surface area contributed by atoms with E-state index in [4.69, 9.17) is 9.15 Å². The predicted molar refractivity (Wildman–Crippen MR) is 98.4 cm³/mol. The smallest absolute Gasteiger partial charge is 0.193 e. The molecular formula is C21H20O3. The normalized spacial score (nSPS) is 11.2. The van der Waals surface area contributed by atoms with Gasteiger partial charge in [-0.3, -0.25) is 4.79 Å². The van der Waals surface area contributed by atoms with Crippen molar-refractivity contribution >= 4 is 23.1 Å². The monoisotopic (exact) mass is 320 g/mol. The highest BCUT2D eigenvalue weighted by Crippen LogP contribution is 2.26. The molecule has 1 heterocycles. The number of fused-ring (bicyclic) bond motifs is 1. The Kier molecular flexibility index (Phi) is 4.80. The molecule has 24 heavy (non-hydrogen) atoms. The minimum atomic E-state index is -0.0554. The maximum absolute atomic E-state index is 12.5. The Hall–Kier alpha value is -2.81. The van der Waals surface area contributed by atoms with Crippen molar-refractivity contribution in [3.63, 3.8) is 0 Å². The Balaban J connectivity index is 2.10. The Bertz CT molecular complexity index is 921. The molecule has 0 aliphatic carbocycles. The van der Waals surface area contributed by atoms with E-state index in [1.165, 1.54) is 6.07 Å². The van der Waals surface area contributed by atoms with E-state index in [1.54, 1.807) is 13.2 Å². The average molecular weight is 320 g/mol. The van der Waals surface area contributed by atoms with Crippen LogP contribution in [0.3, 0.4) is 0 Å². The van der Waals surface area contributed by atoms with Crippen molar-refractivity contribution in [1.82, 2.24) is 0 Å². The van der Waals surface area contributed by atoms with Gasteiger partial charge in [-0.2, -0.15) is 0 Å². The zero-order chi connectivity index (χ0) is 16.9. The van der Waals surface area contributed by atoms with Crippen LogP contribution in [0.5, 0.6) is 5.75 Å². The van der Waals surface area contributed by atoms with Gasteiger partial charge in [0.2, 0.25) is 0 Å². The van der Waals surface area contributed by atoms with E-state index in [1.807, 2.05) is 48.6 Å². The third-order valence-corrected chi connectivity index (χ3v) is 3.89. The van der Waals surface area contributed by atoms with Gasteiger partial charge < -0.3 is 9.15 Å². The Morgan fingerprint density at radius 3 is 2.58 bits per heavy atom. The van der Waals surface area contributed by atoms with E-state index in [9.17, 15) is 4.79 Å². The summed E-state index contributed by atoms with van der Waals surface area (Å²) in [6.07, 6.45) is 5.57. The van der Waals surface area contributed by atoms with Crippen molar-refractivity contribution in [2.75, 3.05) is 7.11 Å². The maximum Gasteiger partial charge on any atom is 0.193 e. The molecule has 0 N–H and O–H groups in total. The Morgan fingerprint density at radius 2 is 1.88 bits per heavy atom. The van der Waals surface area contributed by atoms with Gasteiger partial charge >= 0.3 is 0 Å². The second-order valence-electron chi connectivity index (χ2n) is 5.67. The van der Waals surface area contributed by atoms with E-state index >= 15 is 0 Å². The summed E-state index contributed by atoms with van der Waals surface area (Å²) < 4.78 is 11.3. The first-order chi connectivity index (χ1) is 11.7. The molecule has 122 valence electrons. The molecule has 0 atom stereocenters. The van der Waals surface area contributed by atoms with Crippen LogP contribution in [-0.4, -0.2) is 7.11 Å². The fourth-order valence-corrected chi connectivity index (χ4v) is 2.72. The van der Waals surface area contributed by atoms with Crippen molar-refractivity contribution in [3.8, 4) is 5.75 Å². The summed E-state index contributed by atoms with van der Waals surface area (Å²) in [6.45, 7) is 2.10. The number of aryl methyl sites for hydroxylation is 1. The number of hydrogen-bond donors (Lipinski definition) is 0. The highest BCUT2D eigenvalue weighted by Gasteiger charge is 2.10. The zero-order valence-electron chi connectivity index (χ0n) is 13.9. The molecule has 0 radical (unpaired) electrons. The van der Waals surface area contributed by atoms with Crippen LogP contribution in [0.25, 0.3) is 23.1 Å². The fraction of sp³-hybridized carbons (Fsp3) is 0.190. The summed E-state index contributed by atoms with van der Waals surface area (Å²) in [6, 6.07) is 15.1. The maximum atomic E-state index is 12.5. The van der Waals surface area contributed by atoms with E-state index in [-0.39, 0.29) is 5.43 Å². The molecule has 0 unspecified atom stereocenters. The van der Waals surface area contributed by atoms with Crippen molar-refractivity contribution < 1.29 is 9.15 Å². The van der Waals surface area contributed by atoms with Crippen LogP contribution in [0.2, 0.25) is 0 Å². The Morgan fingerprint density at radius 1 is 1.08 bits per heavy atom. The molecule has 2 aromatic carbocycles. The molecule has 3 heteroatoms. The minimum absolute atomic E-state index is 0.0554. The van der Waals surface area contributed by atoms with Crippen LogP contribution in [0.1, 0.15) is 30.2 Å². The summed E-state index contributed by atoms with van der Waals surface area (Å²) >= 11 is 0. The SMILES string of the molecule is CCCc1cc(OC)cc2c(=O)cc(/C=C/c3ccccc3)oc12. The molecular weight excluding hydrogens is 300 g/mol. The molecule has 0 bridgehead atoms. The summed E-state index contributed by atoms with van der Waals surface area (Å²) in [5.74, 6) is 1.24. The number of rotatable bonds is 5. The molecule has 0 saturated heterocycles. The second kappa shape index (κ2) is 7.18. The first-order valence-electron chi connectivity index (χ1n) is 8.09. The first kappa shape index (κ1) is 16.1. The molecule has 3 aromatic rings. The molecule has 0 amide bonds. The highest BCUT2D eigenvalue weighted by atomic mass is 16.5. The van der Waals surface area contributed by atoms with Gasteiger partial charge in [0.15, 0.2) is 5.43 Å². The minimum Gasteiger partial charge on any atom is -0.497 e. The van der Waals surface area contributed by atoms with E-state index in [0.29, 0.717) is 22.5 Å². The molecule has 0 aliphatic rings. The Labute approximate surface area is 141 Å². The lowest BCUT2D eigenvalue weighted by Gasteiger charge is -2.08. The van der Waals surface area contributed by atoms with Gasteiger partial charge in [0, 0.05) is 6.07 Å². The topological polar surface area (TPSA) is 39.4 Å². The molecule has 0 fully saturated rings. The summed E-state index contributed by atoms with van der Waals surface area (Å²) in [5, 5.41) is 0.565. The van der Waals surface area contributed by atoms with Crippen molar-refractivity contribution in [2.24, 2.45) is 0 Å². The van der Waals surface area contributed by atoms with Crippen LogP contribution < -0.4 is 10.2 Å². The van der Waals surface area contributed by atoms with E-state index in [2.05, 4.69) is 6.92 Å². The lowest BCUT2D eigenvalue weighted by molar-refractivity contribution is 0.414.